The fraction of sp³-hybridized carbons (Fsp3) is 0.417. The summed E-state index contributed by atoms with van der Waals surface area (Å²) in [6, 6.07) is 5.09. The van der Waals surface area contributed by atoms with E-state index in [0.29, 0.717) is 16.1 Å². The minimum absolute atomic E-state index is 0.310. The Bertz CT molecular complexity index is 433. The van der Waals surface area contributed by atoms with Gasteiger partial charge in [0.2, 0.25) is 0 Å². The zero-order valence-corrected chi connectivity index (χ0v) is 10.9. The van der Waals surface area contributed by atoms with Gasteiger partial charge in [0, 0.05) is 6.04 Å². The van der Waals surface area contributed by atoms with Crippen LogP contribution in [0.5, 0.6) is 0 Å². The van der Waals surface area contributed by atoms with Crippen LogP contribution in [0.2, 0.25) is 10.0 Å². The lowest BCUT2D eigenvalue weighted by molar-refractivity contribution is -0.143. The highest BCUT2D eigenvalue weighted by Gasteiger charge is 2.30. The third kappa shape index (κ3) is 3.12. The van der Waals surface area contributed by atoms with Crippen molar-refractivity contribution in [3.8, 4) is 0 Å². The number of rotatable bonds is 4. The second kappa shape index (κ2) is 5.25. The first-order valence-corrected chi connectivity index (χ1v) is 6.16. The lowest BCUT2D eigenvalue weighted by atomic mass is 10.1. The Labute approximate surface area is 110 Å². The normalized spacial score (nSPS) is 16.6. The Hall–Kier alpha value is -0.770. The number of nitrogens with one attached hydrogen (secondary N) is 1. The van der Waals surface area contributed by atoms with Crippen LogP contribution in [-0.4, -0.2) is 19.1 Å². The standard InChI is InChI=1S/C12H13Cl2NO2/c1-17-12(16)11(15-8-3-4-8)7-2-5-9(13)10(14)6-7/h2,5-6,8,11,15H,3-4H2,1H3. The van der Waals surface area contributed by atoms with Crippen LogP contribution in [0, 0.1) is 0 Å². The van der Waals surface area contributed by atoms with Crippen LogP contribution in [0.25, 0.3) is 0 Å². The van der Waals surface area contributed by atoms with Crippen molar-refractivity contribution in [2.75, 3.05) is 7.11 Å². The molecule has 0 bridgehead atoms. The first kappa shape index (κ1) is 12.7. The van der Waals surface area contributed by atoms with E-state index in [2.05, 4.69) is 5.32 Å². The van der Waals surface area contributed by atoms with Crippen molar-refractivity contribution < 1.29 is 9.53 Å². The van der Waals surface area contributed by atoms with Gasteiger partial charge in [0.05, 0.1) is 17.2 Å². The number of hydrogen-bond donors (Lipinski definition) is 1. The highest BCUT2D eigenvalue weighted by molar-refractivity contribution is 6.42. The van der Waals surface area contributed by atoms with Crippen LogP contribution in [0.15, 0.2) is 18.2 Å². The lowest BCUT2D eigenvalue weighted by Crippen LogP contribution is -2.31. The number of halogens is 2. The smallest absolute Gasteiger partial charge is 0.327 e. The fourth-order valence-corrected chi connectivity index (χ4v) is 1.90. The number of carbonyl (C=O) groups is 1. The second-order valence-electron chi connectivity index (χ2n) is 4.07. The maximum absolute atomic E-state index is 11.7. The number of esters is 1. The monoisotopic (exact) mass is 273 g/mol. The molecule has 0 heterocycles. The van der Waals surface area contributed by atoms with Gasteiger partial charge in [-0.2, -0.15) is 0 Å². The Kier molecular flexibility index (Phi) is 3.92. The highest BCUT2D eigenvalue weighted by Crippen LogP contribution is 2.29. The summed E-state index contributed by atoms with van der Waals surface area (Å²) < 4.78 is 4.79. The molecule has 1 aromatic carbocycles. The SMILES string of the molecule is COC(=O)C(NC1CC1)c1ccc(Cl)c(Cl)c1. The summed E-state index contributed by atoms with van der Waals surface area (Å²) in [5.41, 5.74) is 0.776. The van der Waals surface area contributed by atoms with Gasteiger partial charge in [-0.3, -0.25) is 5.32 Å². The van der Waals surface area contributed by atoms with E-state index in [-0.39, 0.29) is 5.97 Å². The van der Waals surface area contributed by atoms with Gasteiger partial charge in [-0.05, 0) is 30.5 Å². The predicted molar refractivity (Wildman–Crippen MR) is 67.4 cm³/mol. The van der Waals surface area contributed by atoms with E-state index in [9.17, 15) is 4.79 Å². The number of carbonyl (C=O) groups excluding carboxylic acids is 1. The van der Waals surface area contributed by atoms with Crippen LogP contribution < -0.4 is 5.32 Å². The van der Waals surface area contributed by atoms with E-state index in [4.69, 9.17) is 27.9 Å². The molecule has 1 unspecified atom stereocenters. The summed E-state index contributed by atoms with van der Waals surface area (Å²) in [6.45, 7) is 0. The molecule has 1 aliphatic rings. The molecule has 1 atom stereocenters. The van der Waals surface area contributed by atoms with Crippen LogP contribution in [0.3, 0.4) is 0 Å². The molecule has 0 amide bonds. The molecule has 17 heavy (non-hydrogen) atoms. The Morgan fingerprint density at radius 2 is 2.12 bits per heavy atom. The molecule has 1 aliphatic carbocycles. The van der Waals surface area contributed by atoms with E-state index < -0.39 is 6.04 Å². The van der Waals surface area contributed by atoms with Crippen LogP contribution in [0.1, 0.15) is 24.4 Å². The predicted octanol–water partition coefficient (Wildman–Crippen LogP) is 2.96. The third-order valence-corrected chi connectivity index (χ3v) is 3.43. The second-order valence-corrected chi connectivity index (χ2v) is 4.89. The van der Waals surface area contributed by atoms with Crippen molar-refractivity contribution in [3.63, 3.8) is 0 Å². The van der Waals surface area contributed by atoms with Crippen molar-refractivity contribution in [1.82, 2.24) is 5.32 Å². The molecule has 1 aromatic rings. The van der Waals surface area contributed by atoms with Crippen molar-refractivity contribution in [2.24, 2.45) is 0 Å². The highest BCUT2D eigenvalue weighted by atomic mass is 35.5. The average Bonchev–Trinajstić information content (AvgIpc) is 3.13. The Balaban J connectivity index is 2.23. The zero-order valence-electron chi connectivity index (χ0n) is 9.37. The summed E-state index contributed by atoms with van der Waals surface area (Å²) in [5.74, 6) is -0.310. The molecule has 0 aliphatic heterocycles. The lowest BCUT2D eigenvalue weighted by Gasteiger charge is -2.17. The van der Waals surface area contributed by atoms with Crippen molar-refractivity contribution in [1.29, 1.82) is 0 Å². The quantitative estimate of drug-likeness (QED) is 0.858. The zero-order chi connectivity index (χ0) is 12.4. The molecule has 92 valence electrons. The number of methoxy groups -OCH3 is 1. The van der Waals surface area contributed by atoms with Crippen LogP contribution >= 0.6 is 23.2 Å². The molecule has 5 heteroatoms. The van der Waals surface area contributed by atoms with Crippen LogP contribution in [0.4, 0.5) is 0 Å². The first-order valence-electron chi connectivity index (χ1n) is 5.40. The number of ether oxygens (including phenoxy) is 1. The third-order valence-electron chi connectivity index (χ3n) is 2.69. The topological polar surface area (TPSA) is 38.3 Å². The molecule has 0 radical (unpaired) electrons. The van der Waals surface area contributed by atoms with Gasteiger partial charge in [0.25, 0.3) is 0 Å². The molecular weight excluding hydrogens is 261 g/mol. The fourth-order valence-electron chi connectivity index (χ4n) is 1.60. The summed E-state index contributed by atoms with van der Waals surface area (Å²) >= 11 is 11.8. The number of hydrogen-bond acceptors (Lipinski definition) is 3. The maximum atomic E-state index is 11.7. The molecule has 0 saturated heterocycles. The Morgan fingerprint density at radius 1 is 1.41 bits per heavy atom. The van der Waals surface area contributed by atoms with Crippen molar-refractivity contribution in [3.05, 3.63) is 33.8 Å². The van der Waals surface area contributed by atoms with Crippen molar-refractivity contribution in [2.45, 2.75) is 24.9 Å². The van der Waals surface area contributed by atoms with Gasteiger partial charge in [0.15, 0.2) is 0 Å². The minimum Gasteiger partial charge on any atom is -0.468 e. The van der Waals surface area contributed by atoms with Gasteiger partial charge >= 0.3 is 5.97 Å². The maximum Gasteiger partial charge on any atom is 0.327 e. The molecule has 1 N–H and O–H groups in total. The summed E-state index contributed by atoms with van der Waals surface area (Å²) in [6.07, 6.45) is 2.18. The molecule has 3 nitrogen and oxygen atoms in total. The van der Waals surface area contributed by atoms with Gasteiger partial charge in [0.1, 0.15) is 6.04 Å². The van der Waals surface area contributed by atoms with E-state index in [1.54, 1.807) is 18.2 Å². The van der Waals surface area contributed by atoms with Gasteiger partial charge in [-0.25, -0.2) is 4.79 Å². The summed E-state index contributed by atoms with van der Waals surface area (Å²) in [7, 11) is 1.38. The van der Waals surface area contributed by atoms with Crippen molar-refractivity contribution >= 4 is 29.2 Å². The average molecular weight is 274 g/mol. The molecule has 0 spiro atoms. The number of benzene rings is 1. The molecule has 1 saturated carbocycles. The summed E-state index contributed by atoms with van der Waals surface area (Å²) in [5, 5.41) is 4.15. The Morgan fingerprint density at radius 3 is 2.65 bits per heavy atom. The first-order chi connectivity index (χ1) is 8.11. The molecule has 1 fully saturated rings. The van der Waals surface area contributed by atoms with E-state index in [0.717, 1.165) is 18.4 Å². The van der Waals surface area contributed by atoms with Gasteiger partial charge in [-0.1, -0.05) is 29.3 Å². The van der Waals surface area contributed by atoms with Crippen LogP contribution in [-0.2, 0) is 9.53 Å². The molecular formula is C12H13Cl2NO2. The molecule has 2 rings (SSSR count). The minimum atomic E-state index is -0.470. The van der Waals surface area contributed by atoms with E-state index >= 15 is 0 Å². The van der Waals surface area contributed by atoms with E-state index in [1.165, 1.54) is 7.11 Å². The summed E-state index contributed by atoms with van der Waals surface area (Å²) in [4.78, 5) is 11.7. The molecule has 0 aromatic heterocycles. The van der Waals surface area contributed by atoms with Gasteiger partial charge < -0.3 is 4.74 Å². The van der Waals surface area contributed by atoms with Gasteiger partial charge in [-0.15, -0.1) is 0 Å². The van der Waals surface area contributed by atoms with E-state index in [1.807, 2.05) is 0 Å². The largest absolute Gasteiger partial charge is 0.468 e.